The van der Waals surface area contributed by atoms with E-state index in [-0.39, 0.29) is 17.9 Å². The van der Waals surface area contributed by atoms with Crippen molar-refractivity contribution < 1.29 is 14.3 Å². The molecule has 1 aromatic heterocycles. The van der Waals surface area contributed by atoms with E-state index in [1.165, 1.54) is 0 Å². The summed E-state index contributed by atoms with van der Waals surface area (Å²) in [6.45, 7) is 2.01. The molecule has 0 N–H and O–H groups in total. The molecule has 0 spiro atoms. The first-order chi connectivity index (χ1) is 12.7. The highest BCUT2D eigenvalue weighted by atomic mass is 16.5. The second-order valence-electron chi connectivity index (χ2n) is 7.00. The number of aromatic nitrogens is 1. The van der Waals surface area contributed by atoms with Crippen LogP contribution in [0.2, 0.25) is 0 Å². The summed E-state index contributed by atoms with van der Waals surface area (Å²) >= 11 is 0. The molecule has 3 heterocycles. The molecule has 6 heteroatoms. The molecule has 2 fully saturated rings. The van der Waals surface area contributed by atoms with E-state index in [4.69, 9.17) is 4.74 Å². The van der Waals surface area contributed by atoms with Crippen LogP contribution >= 0.6 is 0 Å². The van der Waals surface area contributed by atoms with E-state index < -0.39 is 6.04 Å². The number of likely N-dealkylation sites (tertiary alicyclic amines) is 2. The second-order valence-corrected chi connectivity index (χ2v) is 7.00. The first-order valence-electron chi connectivity index (χ1n) is 9.14. The molecular weight excluding hydrogens is 330 g/mol. The molecule has 2 amide bonds. The highest BCUT2D eigenvalue weighted by molar-refractivity contribution is 6.08. The molecule has 4 rings (SSSR count). The molecule has 26 heavy (non-hydrogen) atoms. The van der Waals surface area contributed by atoms with Gasteiger partial charge in [-0.25, -0.2) is 0 Å². The fraction of sp³-hybridized carbons (Fsp3) is 0.450. The molecular formula is C20H23N3O3. The van der Waals surface area contributed by atoms with E-state index in [0.29, 0.717) is 18.5 Å². The Balaban J connectivity index is 1.66. The molecule has 0 bridgehead atoms. The molecule has 2 aromatic rings. The van der Waals surface area contributed by atoms with Crippen molar-refractivity contribution in [3.8, 4) is 0 Å². The molecule has 0 aliphatic carbocycles. The third kappa shape index (κ3) is 2.94. The van der Waals surface area contributed by atoms with E-state index in [2.05, 4.69) is 4.98 Å². The molecule has 2 aliphatic rings. The minimum absolute atomic E-state index is 0.0498. The Morgan fingerprint density at radius 2 is 2.00 bits per heavy atom. The first kappa shape index (κ1) is 17.0. The van der Waals surface area contributed by atoms with Crippen LogP contribution in [0.1, 0.15) is 29.6 Å². The number of amides is 2. The Labute approximate surface area is 152 Å². The molecule has 136 valence electrons. The average molecular weight is 353 g/mol. The lowest BCUT2D eigenvalue weighted by molar-refractivity contribution is -0.134. The van der Waals surface area contributed by atoms with E-state index in [1.807, 2.05) is 29.2 Å². The smallest absolute Gasteiger partial charge is 0.255 e. The minimum Gasteiger partial charge on any atom is -0.380 e. The van der Waals surface area contributed by atoms with Gasteiger partial charge in [0.1, 0.15) is 6.04 Å². The lowest BCUT2D eigenvalue weighted by atomic mass is 10.1. The highest BCUT2D eigenvalue weighted by Crippen LogP contribution is 2.27. The standard InChI is InChI=1S/C20H23N3O3/c1-26-15-11-18(20(25)22-9-2-3-10-22)23(13-15)19(24)16-6-4-5-14-7-8-21-12-17(14)16/h4-8,12,15,18H,2-3,9-11,13H2,1H3/t15-,18-/m0/s1. The summed E-state index contributed by atoms with van der Waals surface area (Å²) in [5.41, 5.74) is 0.589. The summed E-state index contributed by atoms with van der Waals surface area (Å²) in [7, 11) is 1.64. The van der Waals surface area contributed by atoms with Gasteiger partial charge >= 0.3 is 0 Å². The third-order valence-electron chi connectivity index (χ3n) is 5.47. The molecule has 2 atom stereocenters. The van der Waals surface area contributed by atoms with Crippen molar-refractivity contribution in [2.45, 2.75) is 31.4 Å². The van der Waals surface area contributed by atoms with Crippen molar-refractivity contribution in [2.24, 2.45) is 0 Å². The molecule has 0 saturated carbocycles. The minimum atomic E-state index is -0.447. The van der Waals surface area contributed by atoms with Crippen LogP contribution in [-0.4, -0.2) is 65.5 Å². The Hall–Kier alpha value is -2.47. The van der Waals surface area contributed by atoms with Gasteiger partial charge in [-0.3, -0.25) is 14.6 Å². The zero-order valence-corrected chi connectivity index (χ0v) is 14.9. The topological polar surface area (TPSA) is 62.7 Å². The largest absolute Gasteiger partial charge is 0.380 e. The monoisotopic (exact) mass is 353 g/mol. The predicted molar refractivity (Wildman–Crippen MR) is 97.8 cm³/mol. The van der Waals surface area contributed by atoms with Crippen molar-refractivity contribution in [3.63, 3.8) is 0 Å². The number of rotatable bonds is 3. The summed E-state index contributed by atoms with van der Waals surface area (Å²) < 4.78 is 5.48. The van der Waals surface area contributed by atoms with E-state index in [1.54, 1.807) is 24.4 Å². The highest BCUT2D eigenvalue weighted by Gasteiger charge is 2.42. The number of pyridine rings is 1. The van der Waals surface area contributed by atoms with Crippen molar-refractivity contribution in [2.75, 3.05) is 26.7 Å². The Morgan fingerprint density at radius 3 is 2.77 bits per heavy atom. The van der Waals surface area contributed by atoms with Gasteiger partial charge in [0.15, 0.2) is 0 Å². The van der Waals surface area contributed by atoms with Crippen molar-refractivity contribution in [1.82, 2.24) is 14.8 Å². The summed E-state index contributed by atoms with van der Waals surface area (Å²) in [4.78, 5) is 34.0. The summed E-state index contributed by atoms with van der Waals surface area (Å²) in [5, 5.41) is 1.78. The zero-order valence-electron chi connectivity index (χ0n) is 14.9. The maximum atomic E-state index is 13.3. The van der Waals surface area contributed by atoms with Crippen LogP contribution in [0.5, 0.6) is 0 Å². The van der Waals surface area contributed by atoms with Crippen LogP contribution in [0.25, 0.3) is 10.8 Å². The number of ether oxygens (including phenoxy) is 1. The number of carbonyl (C=O) groups is 2. The van der Waals surface area contributed by atoms with Crippen molar-refractivity contribution >= 4 is 22.6 Å². The van der Waals surface area contributed by atoms with Crippen molar-refractivity contribution in [1.29, 1.82) is 0 Å². The number of carbonyl (C=O) groups excluding carboxylic acids is 2. The predicted octanol–water partition coefficient (Wildman–Crippen LogP) is 2.09. The fourth-order valence-electron chi connectivity index (χ4n) is 4.03. The lowest BCUT2D eigenvalue weighted by Gasteiger charge is -2.27. The number of fused-ring (bicyclic) bond motifs is 1. The quantitative estimate of drug-likeness (QED) is 0.848. The van der Waals surface area contributed by atoms with Crippen LogP contribution in [-0.2, 0) is 9.53 Å². The van der Waals surface area contributed by atoms with Gasteiger partial charge in [-0.2, -0.15) is 0 Å². The third-order valence-corrected chi connectivity index (χ3v) is 5.47. The molecule has 6 nitrogen and oxygen atoms in total. The van der Waals surface area contributed by atoms with Gasteiger partial charge in [-0.15, -0.1) is 0 Å². The van der Waals surface area contributed by atoms with Gasteiger partial charge in [0.2, 0.25) is 5.91 Å². The molecule has 0 radical (unpaired) electrons. The number of hydrogen-bond donors (Lipinski definition) is 0. The van der Waals surface area contributed by atoms with E-state index in [0.717, 1.165) is 36.7 Å². The molecule has 0 unspecified atom stereocenters. The average Bonchev–Trinajstić information content (AvgIpc) is 3.36. The van der Waals surface area contributed by atoms with Gasteiger partial charge in [0, 0.05) is 56.5 Å². The summed E-state index contributed by atoms with van der Waals surface area (Å²) in [6.07, 6.45) is 5.95. The molecule has 2 aliphatic heterocycles. The maximum Gasteiger partial charge on any atom is 0.255 e. The van der Waals surface area contributed by atoms with Gasteiger partial charge in [-0.1, -0.05) is 12.1 Å². The Bertz CT molecular complexity index is 827. The number of hydrogen-bond acceptors (Lipinski definition) is 4. The van der Waals surface area contributed by atoms with Gasteiger partial charge in [0.05, 0.1) is 6.10 Å². The van der Waals surface area contributed by atoms with Crippen LogP contribution in [0, 0.1) is 0 Å². The number of methoxy groups -OCH3 is 1. The van der Waals surface area contributed by atoms with Crippen molar-refractivity contribution in [3.05, 3.63) is 42.2 Å². The number of benzene rings is 1. The van der Waals surface area contributed by atoms with Crippen LogP contribution < -0.4 is 0 Å². The second kappa shape index (κ2) is 7.03. The van der Waals surface area contributed by atoms with Gasteiger partial charge < -0.3 is 14.5 Å². The maximum absolute atomic E-state index is 13.3. The summed E-state index contributed by atoms with van der Waals surface area (Å²) in [5.74, 6) is -0.0746. The number of nitrogens with zero attached hydrogens (tertiary/aromatic N) is 3. The summed E-state index contributed by atoms with van der Waals surface area (Å²) in [6, 6.07) is 7.09. The van der Waals surface area contributed by atoms with E-state index >= 15 is 0 Å². The molecule has 2 saturated heterocycles. The molecule has 1 aromatic carbocycles. The zero-order chi connectivity index (χ0) is 18.1. The Kier molecular flexibility index (Phi) is 4.59. The van der Waals surface area contributed by atoms with Crippen LogP contribution in [0.4, 0.5) is 0 Å². The van der Waals surface area contributed by atoms with Crippen LogP contribution in [0.15, 0.2) is 36.7 Å². The van der Waals surface area contributed by atoms with Gasteiger partial charge in [-0.05, 0) is 30.4 Å². The SMILES string of the molecule is CO[C@H]1C[C@@H](C(=O)N2CCCC2)N(C(=O)c2cccc3ccncc23)C1. The Morgan fingerprint density at radius 1 is 1.19 bits per heavy atom. The first-order valence-corrected chi connectivity index (χ1v) is 9.14. The van der Waals surface area contributed by atoms with E-state index in [9.17, 15) is 9.59 Å². The van der Waals surface area contributed by atoms with Crippen LogP contribution in [0.3, 0.4) is 0 Å². The normalized spacial score (nSPS) is 23.0. The van der Waals surface area contributed by atoms with Gasteiger partial charge in [0.25, 0.3) is 5.91 Å². The lowest BCUT2D eigenvalue weighted by Crippen LogP contribution is -2.47. The fourth-order valence-corrected chi connectivity index (χ4v) is 4.03.